The fourth-order valence-corrected chi connectivity index (χ4v) is 1.42. The van der Waals surface area contributed by atoms with Crippen LogP contribution < -0.4 is 5.63 Å². The summed E-state index contributed by atoms with van der Waals surface area (Å²) in [4.78, 5) is 11.0. The van der Waals surface area contributed by atoms with Crippen LogP contribution in [0.2, 0.25) is 0 Å². The first kappa shape index (κ1) is 8.75. The molecule has 1 aromatic heterocycles. The van der Waals surface area contributed by atoms with Crippen LogP contribution in [0.3, 0.4) is 0 Å². The minimum Gasteiger partial charge on any atom is -0.422 e. The summed E-state index contributed by atoms with van der Waals surface area (Å²) in [5, 5.41) is 0.893. The van der Waals surface area contributed by atoms with Gasteiger partial charge in [-0.3, -0.25) is 0 Å². The normalized spacial score (nSPS) is 10.3. The van der Waals surface area contributed by atoms with Crippen LogP contribution in [0.1, 0.15) is 5.56 Å². The second-order valence-corrected chi connectivity index (χ2v) is 3.01. The molecule has 2 aromatic rings. The van der Waals surface area contributed by atoms with Gasteiger partial charge in [0.15, 0.2) is 0 Å². The van der Waals surface area contributed by atoms with Crippen molar-refractivity contribution in [1.82, 2.24) is 0 Å². The molecule has 0 aliphatic carbocycles. The van der Waals surface area contributed by atoms with Crippen molar-refractivity contribution < 1.29 is 4.42 Å². The first-order valence-electron chi connectivity index (χ1n) is 4.35. The van der Waals surface area contributed by atoms with Crippen molar-refractivity contribution in [3.8, 4) is 0 Å². The van der Waals surface area contributed by atoms with E-state index in [1.165, 1.54) is 0 Å². The van der Waals surface area contributed by atoms with Gasteiger partial charge in [-0.15, -0.1) is 6.58 Å². The Balaban J connectivity index is 2.76. The molecule has 0 unspecified atom stereocenters. The van der Waals surface area contributed by atoms with Crippen molar-refractivity contribution in [3.63, 3.8) is 0 Å². The fourth-order valence-electron chi connectivity index (χ4n) is 1.42. The fraction of sp³-hybridized carbons (Fsp3) is 0.0833. The molecule has 1 aromatic carbocycles. The monoisotopic (exact) mass is 185 g/mol. The quantitative estimate of drug-likeness (QED) is 0.531. The maximum Gasteiger partial charge on any atom is 0.344 e. The van der Waals surface area contributed by atoms with E-state index in [1.807, 2.05) is 18.2 Å². The van der Waals surface area contributed by atoms with E-state index in [0.717, 1.165) is 10.9 Å². The minimum absolute atomic E-state index is 0.436. The third kappa shape index (κ3) is 1.46. The van der Waals surface area contributed by atoms with E-state index < -0.39 is 5.63 Å². The molecule has 0 spiro atoms. The Morgan fingerprint density at radius 3 is 3.14 bits per heavy atom. The third-order valence-electron chi connectivity index (χ3n) is 2.03. The number of hydrogen-bond donors (Lipinski definition) is 0. The van der Waals surface area contributed by atoms with Gasteiger partial charge < -0.3 is 4.42 Å². The van der Waals surface area contributed by atoms with Gasteiger partial charge in [0.05, 0.1) is 6.07 Å². The number of rotatable bonds is 2. The number of fused-ring (bicyclic) bond motifs is 1. The van der Waals surface area contributed by atoms with Gasteiger partial charge in [-0.25, -0.2) is 4.79 Å². The van der Waals surface area contributed by atoms with Gasteiger partial charge in [0.1, 0.15) is 5.58 Å². The molecule has 0 saturated heterocycles. The lowest BCUT2D eigenvalue weighted by Gasteiger charge is -2.00. The topological polar surface area (TPSA) is 30.2 Å². The zero-order chi connectivity index (χ0) is 9.97. The van der Waals surface area contributed by atoms with Crippen LogP contribution in [-0.4, -0.2) is 0 Å². The van der Waals surface area contributed by atoms with E-state index in [9.17, 15) is 4.79 Å². The molecule has 0 bridgehead atoms. The Morgan fingerprint density at radius 1 is 1.50 bits per heavy atom. The van der Waals surface area contributed by atoms with Crippen molar-refractivity contribution in [1.29, 1.82) is 0 Å². The van der Waals surface area contributed by atoms with Crippen molar-refractivity contribution in [2.75, 3.05) is 0 Å². The largest absolute Gasteiger partial charge is 0.422 e. The molecule has 0 amide bonds. The molecule has 2 nitrogen and oxygen atoms in total. The van der Waals surface area contributed by atoms with Gasteiger partial charge in [-0.05, 0) is 18.1 Å². The molecule has 0 saturated carbocycles. The predicted octanol–water partition coefficient (Wildman–Crippen LogP) is 2.32. The summed E-state index contributed by atoms with van der Waals surface area (Å²) in [6.07, 6.45) is 2.48. The summed E-state index contributed by atoms with van der Waals surface area (Å²) in [6, 6.07) is 9.88. The van der Waals surface area contributed by atoms with E-state index in [4.69, 9.17) is 4.42 Å². The standard InChI is InChI=1S/C12H9O2/c1-2-4-9-5-3-6-10-7-8-11(13)14-12(9)10/h2-3,5-7H,1,4H2. The van der Waals surface area contributed by atoms with Crippen LogP contribution in [0.5, 0.6) is 0 Å². The highest BCUT2D eigenvalue weighted by molar-refractivity contribution is 5.79. The highest BCUT2D eigenvalue weighted by Crippen LogP contribution is 2.17. The van der Waals surface area contributed by atoms with Gasteiger partial charge >= 0.3 is 5.63 Å². The first-order chi connectivity index (χ1) is 6.81. The average Bonchev–Trinajstić information content (AvgIpc) is 2.19. The Kier molecular flexibility index (Phi) is 2.19. The maximum absolute atomic E-state index is 11.0. The molecule has 0 N–H and O–H groups in total. The number of allylic oxidation sites excluding steroid dienone is 1. The molecule has 1 heterocycles. The minimum atomic E-state index is -0.436. The zero-order valence-corrected chi connectivity index (χ0v) is 7.62. The molecule has 2 rings (SSSR count). The van der Waals surface area contributed by atoms with E-state index in [1.54, 1.807) is 12.1 Å². The molecular formula is C12H9O2. The molecule has 14 heavy (non-hydrogen) atoms. The summed E-state index contributed by atoms with van der Waals surface area (Å²) in [5.74, 6) is 0. The van der Waals surface area contributed by atoms with Gasteiger partial charge in [0.25, 0.3) is 0 Å². The third-order valence-corrected chi connectivity index (χ3v) is 2.03. The first-order valence-corrected chi connectivity index (χ1v) is 4.35. The SMILES string of the molecule is C=CCc1cccc2c[c]c(=O)oc12. The average molecular weight is 185 g/mol. The molecule has 0 aliphatic heterocycles. The van der Waals surface area contributed by atoms with Gasteiger partial charge in [0.2, 0.25) is 0 Å². The highest BCUT2D eigenvalue weighted by atomic mass is 16.4. The number of para-hydroxylation sites is 1. The van der Waals surface area contributed by atoms with Gasteiger partial charge in [-0.2, -0.15) is 0 Å². The van der Waals surface area contributed by atoms with Crippen LogP contribution in [0, 0.1) is 6.07 Å². The second-order valence-electron chi connectivity index (χ2n) is 3.01. The van der Waals surface area contributed by atoms with Crippen molar-refractivity contribution in [2.45, 2.75) is 6.42 Å². The molecule has 2 heteroatoms. The Morgan fingerprint density at radius 2 is 2.36 bits per heavy atom. The highest BCUT2D eigenvalue weighted by Gasteiger charge is 2.01. The smallest absolute Gasteiger partial charge is 0.344 e. The molecule has 69 valence electrons. The number of hydrogen-bond acceptors (Lipinski definition) is 2. The molecular weight excluding hydrogens is 176 g/mol. The van der Waals surface area contributed by atoms with Gasteiger partial charge in [-0.1, -0.05) is 24.3 Å². The van der Waals surface area contributed by atoms with Crippen molar-refractivity contribution in [3.05, 3.63) is 59.0 Å². The van der Waals surface area contributed by atoms with E-state index >= 15 is 0 Å². The van der Waals surface area contributed by atoms with Crippen LogP contribution in [0.25, 0.3) is 11.0 Å². The summed E-state index contributed by atoms with van der Waals surface area (Å²) in [6.45, 7) is 3.66. The summed E-state index contributed by atoms with van der Waals surface area (Å²) < 4.78 is 5.09. The van der Waals surface area contributed by atoms with Crippen LogP contribution in [-0.2, 0) is 6.42 Å². The Bertz CT molecular complexity index is 523. The Hall–Kier alpha value is -1.83. The zero-order valence-electron chi connectivity index (χ0n) is 7.62. The lowest BCUT2D eigenvalue weighted by atomic mass is 10.1. The predicted molar refractivity (Wildman–Crippen MR) is 55.2 cm³/mol. The molecule has 0 aliphatic rings. The van der Waals surface area contributed by atoms with E-state index in [-0.39, 0.29) is 0 Å². The van der Waals surface area contributed by atoms with Crippen LogP contribution >= 0.6 is 0 Å². The summed E-state index contributed by atoms with van der Waals surface area (Å²) in [7, 11) is 0. The molecule has 1 radical (unpaired) electrons. The van der Waals surface area contributed by atoms with Crippen LogP contribution in [0.4, 0.5) is 0 Å². The maximum atomic E-state index is 11.0. The molecule has 0 atom stereocenters. The van der Waals surface area contributed by atoms with E-state index in [2.05, 4.69) is 12.6 Å². The lowest BCUT2D eigenvalue weighted by molar-refractivity contribution is 0.556. The molecule has 0 fully saturated rings. The second kappa shape index (κ2) is 3.50. The van der Waals surface area contributed by atoms with Gasteiger partial charge in [0, 0.05) is 5.39 Å². The van der Waals surface area contributed by atoms with Crippen molar-refractivity contribution >= 4 is 11.0 Å². The summed E-state index contributed by atoms with van der Waals surface area (Å²) in [5.41, 5.74) is 1.17. The van der Waals surface area contributed by atoms with Crippen LogP contribution in [0.15, 0.2) is 46.1 Å². The number of benzene rings is 1. The van der Waals surface area contributed by atoms with Crippen molar-refractivity contribution in [2.24, 2.45) is 0 Å². The lowest BCUT2D eigenvalue weighted by Crippen LogP contribution is -1.97. The summed E-state index contributed by atoms with van der Waals surface area (Å²) >= 11 is 0. The Labute approximate surface area is 81.5 Å². The van der Waals surface area contributed by atoms with E-state index in [0.29, 0.717) is 12.0 Å².